The number of amides is 1. The number of rotatable bonds is 8. The van der Waals surface area contributed by atoms with Gasteiger partial charge in [-0.05, 0) is 73.1 Å². The second-order valence-electron chi connectivity index (χ2n) is 10.6. The van der Waals surface area contributed by atoms with Crippen LogP contribution in [-0.4, -0.2) is 23.9 Å². The van der Waals surface area contributed by atoms with Crippen LogP contribution < -0.4 is 9.62 Å². The van der Waals surface area contributed by atoms with Gasteiger partial charge >= 0.3 is 0 Å². The van der Waals surface area contributed by atoms with E-state index in [2.05, 4.69) is 21.8 Å². The molecule has 6 rings (SSSR count). The van der Waals surface area contributed by atoms with E-state index in [1.807, 2.05) is 66.0 Å². The number of nitrogens with zero attached hydrogens (tertiary/aromatic N) is 3. The van der Waals surface area contributed by atoms with Gasteiger partial charge in [0.05, 0.1) is 11.4 Å². The van der Waals surface area contributed by atoms with E-state index >= 15 is 0 Å². The lowest BCUT2D eigenvalue weighted by atomic mass is 10.1. The molecule has 3 unspecified atom stereocenters. The van der Waals surface area contributed by atoms with E-state index in [-0.39, 0.29) is 28.7 Å². The quantitative estimate of drug-likeness (QED) is 0.340. The third-order valence-corrected chi connectivity index (χ3v) is 9.46. The van der Waals surface area contributed by atoms with Gasteiger partial charge in [-0.15, -0.1) is 0 Å². The zero-order chi connectivity index (χ0) is 27.1. The summed E-state index contributed by atoms with van der Waals surface area (Å²) in [5.41, 5.74) is 4.99. The molecule has 0 aliphatic heterocycles. The standard InChI is InChI=1S/C31H32N4O3S/c1-21-8-13-25(14-9-21)39(37,38)33-29-15-11-23-10-12-24(18-27(23)29)35(20-30-32-16-17-34(30)2)31(36)28-19-26(28)22-6-4-3-5-7-22/h3-10,12-14,16-18,26,28-29,33H,11,15,19-20H2,1-2H3. The molecule has 0 spiro atoms. The third-order valence-electron chi connectivity index (χ3n) is 7.97. The number of hydrogen-bond acceptors (Lipinski definition) is 4. The summed E-state index contributed by atoms with van der Waals surface area (Å²) in [4.78, 5) is 20.5. The smallest absolute Gasteiger partial charge is 0.241 e. The molecule has 1 aromatic heterocycles. The largest absolute Gasteiger partial charge is 0.337 e. The second kappa shape index (κ2) is 10.1. The van der Waals surface area contributed by atoms with E-state index in [0.29, 0.717) is 13.0 Å². The summed E-state index contributed by atoms with van der Waals surface area (Å²) >= 11 is 0. The van der Waals surface area contributed by atoms with Crippen molar-refractivity contribution in [1.29, 1.82) is 0 Å². The Balaban J connectivity index is 1.29. The van der Waals surface area contributed by atoms with Crippen LogP contribution in [0.3, 0.4) is 0 Å². The van der Waals surface area contributed by atoms with Crippen LogP contribution in [-0.2, 0) is 34.8 Å². The number of aryl methyl sites for hydroxylation is 3. The van der Waals surface area contributed by atoms with Gasteiger partial charge in [-0.3, -0.25) is 4.79 Å². The predicted molar refractivity (Wildman–Crippen MR) is 151 cm³/mol. The number of fused-ring (bicyclic) bond motifs is 1. The highest BCUT2D eigenvalue weighted by Crippen LogP contribution is 2.49. The molecule has 3 atom stereocenters. The SMILES string of the molecule is Cc1ccc(S(=O)(=O)NC2CCc3ccc(N(Cc4nccn4C)C(=O)C4CC4c4ccccc4)cc32)cc1. The highest BCUT2D eigenvalue weighted by atomic mass is 32.2. The number of imidazole rings is 1. The van der Waals surface area contributed by atoms with Crippen molar-refractivity contribution >= 4 is 21.6 Å². The van der Waals surface area contributed by atoms with Gasteiger partial charge in [0.25, 0.3) is 0 Å². The molecule has 1 fully saturated rings. The summed E-state index contributed by atoms with van der Waals surface area (Å²) < 4.78 is 31.2. The molecule has 2 aliphatic rings. The van der Waals surface area contributed by atoms with E-state index in [1.54, 1.807) is 30.5 Å². The average molecular weight is 541 g/mol. The average Bonchev–Trinajstić information content (AvgIpc) is 3.50. The molecule has 1 amide bonds. The first-order valence-electron chi connectivity index (χ1n) is 13.3. The number of benzene rings is 3. The highest BCUT2D eigenvalue weighted by molar-refractivity contribution is 7.89. The van der Waals surface area contributed by atoms with Crippen molar-refractivity contribution in [1.82, 2.24) is 14.3 Å². The summed E-state index contributed by atoms with van der Waals surface area (Å²) in [5.74, 6) is 0.988. The first kappa shape index (κ1) is 25.5. The molecule has 39 heavy (non-hydrogen) atoms. The summed E-state index contributed by atoms with van der Waals surface area (Å²) in [7, 11) is -1.76. The molecule has 3 aromatic carbocycles. The Bertz CT molecular complexity index is 1610. The molecule has 0 bridgehead atoms. The van der Waals surface area contributed by atoms with Crippen LogP contribution in [0.4, 0.5) is 5.69 Å². The monoisotopic (exact) mass is 540 g/mol. The van der Waals surface area contributed by atoms with Crippen LogP contribution in [0, 0.1) is 12.8 Å². The molecular weight excluding hydrogens is 508 g/mol. The third kappa shape index (κ3) is 5.14. The minimum Gasteiger partial charge on any atom is -0.337 e. The summed E-state index contributed by atoms with van der Waals surface area (Å²) in [5, 5.41) is 0. The minimum atomic E-state index is -3.68. The van der Waals surface area contributed by atoms with Crippen LogP contribution in [0.2, 0.25) is 0 Å². The fourth-order valence-electron chi connectivity index (χ4n) is 5.58. The first-order chi connectivity index (χ1) is 18.8. The van der Waals surface area contributed by atoms with Crippen LogP contribution in [0.15, 0.2) is 90.1 Å². The molecule has 1 N–H and O–H groups in total. The Morgan fingerprint density at radius 2 is 1.85 bits per heavy atom. The number of hydrogen-bond donors (Lipinski definition) is 1. The highest BCUT2D eigenvalue weighted by Gasteiger charge is 2.46. The molecule has 1 heterocycles. The van der Waals surface area contributed by atoms with Gasteiger partial charge in [0, 0.05) is 37.1 Å². The minimum absolute atomic E-state index is 0.0709. The fourth-order valence-corrected chi connectivity index (χ4v) is 6.83. The van der Waals surface area contributed by atoms with E-state index < -0.39 is 10.0 Å². The van der Waals surface area contributed by atoms with Crippen molar-refractivity contribution in [2.45, 2.75) is 49.6 Å². The molecule has 1 saturated carbocycles. The van der Waals surface area contributed by atoms with Crippen molar-refractivity contribution in [3.8, 4) is 0 Å². The van der Waals surface area contributed by atoms with E-state index in [4.69, 9.17) is 0 Å². The molecule has 200 valence electrons. The van der Waals surface area contributed by atoms with Crippen molar-refractivity contribution < 1.29 is 13.2 Å². The zero-order valence-corrected chi connectivity index (χ0v) is 22.9. The molecule has 0 saturated heterocycles. The Kier molecular flexibility index (Phi) is 6.61. The predicted octanol–water partition coefficient (Wildman–Crippen LogP) is 5.03. The van der Waals surface area contributed by atoms with Crippen LogP contribution >= 0.6 is 0 Å². The van der Waals surface area contributed by atoms with Crippen molar-refractivity contribution in [3.63, 3.8) is 0 Å². The number of carbonyl (C=O) groups is 1. The van der Waals surface area contributed by atoms with Gasteiger partial charge in [-0.25, -0.2) is 18.1 Å². The second-order valence-corrected chi connectivity index (χ2v) is 12.4. The van der Waals surface area contributed by atoms with Gasteiger partial charge in [-0.1, -0.05) is 54.1 Å². The van der Waals surface area contributed by atoms with Crippen molar-refractivity contribution in [2.24, 2.45) is 13.0 Å². The Morgan fingerprint density at radius 1 is 1.08 bits per heavy atom. The van der Waals surface area contributed by atoms with Crippen LogP contribution in [0.1, 0.15) is 52.9 Å². The maximum absolute atomic E-state index is 13.9. The first-order valence-corrected chi connectivity index (χ1v) is 14.8. The lowest BCUT2D eigenvalue weighted by Gasteiger charge is -2.25. The maximum atomic E-state index is 13.9. The number of aromatic nitrogens is 2. The number of sulfonamides is 1. The molecule has 8 heteroatoms. The molecule has 4 aromatic rings. The molecule has 7 nitrogen and oxygen atoms in total. The molecule has 0 radical (unpaired) electrons. The number of carbonyl (C=O) groups excluding carboxylic acids is 1. The van der Waals surface area contributed by atoms with Crippen LogP contribution in [0.25, 0.3) is 0 Å². The lowest BCUT2D eigenvalue weighted by molar-refractivity contribution is -0.120. The van der Waals surface area contributed by atoms with Gasteiger partial charge in [0.1, 0.15) is 5.82 Å². The normalized spacial score (nSPS) is 20.0. The Hall–Kier alpha value is -3.75. The summed E-state index contributed by atoms with van der Waals surface area (Å²) in [6.07, 6.45) is 5.89. The Morgan fingerprint density at radius 3 is 2.56 bits per heavy atom. The topological polar surface area (TPSA) is 84.3 Å². The van der Waals surface area contributed by atoms with Crippen molar-refractivity contribution in [3.05, 3.63) is 113 Å². The van der Waals surface area contributed by atoms with Gasteiger partial charge in [-0.2, -0.15) is 0 Å². The fraction of sp³-hybridized carbons (Fsp3) is 0.290. The van der Waals surface area contributed by atoms with E-state index in [0.717, 1.165) is 41.0 Å². The zero-order valence-electron chi connectivity index (χ0n) is 22.1. The maximum Gasteiger partial charge on any atom is 0.241 e. The van der Waals surface area contributed by atoms with Crippen LogP contribution in [0.5, 0.6) is 0 Å². The molecular formula is C31H32N4O3S. The number of nitrogens with one attached hydrogen (secondary N) is 1. The van der Waals surface area contributed by atoms with Gasteiger partial charge in [0.2, 0.25) is 15.9 Å². The molecule has 2 aliphatic carbocycles. The summed E-state index contributed by atoms with van der Waals surface area (Å²) in [6.45, 7) is 2.28. The van der Waals surface area contributed by atoms with Gasteiger partial charge < -0.3 is 9.47 Å². The lowest BCUT2D eigenvalue weighted by Crippen LogP contribution is -2.33. The Labute approximate surface area is 229 Å². The van der Waals surface area contributed by atoms with E-state index in [9.17, 15) is 13.2 Å². The summed E-state index contributed by atoms with van der Waals surface area (Å²) in [6, 6.07) is 22.7. The van der Waals surface area contributed by atoms with E-state index in [1.165, 1.54) is 5.56 Å². The van der Waals surface area contributed by atoms with Gasteiger partial charge in [0.15, 0.2) is 0 Å². The number of anilines is 1. The van der Waals surface area contributed by atoms with Crippen molar-refractivity contribution in [2.75, 3.05) is 4.90 Å².